The lowest BCUT2D eigenvalue weighted by Gasteiger charge is -2.10. The lowest BCUT2D eigenvalue weighted by atomic mass is 10.2. The number of H-pyrrole nitrogens is 1. The number of aromatic carboxylic acids is 1. The molecule has 3 N–H and O–H groups in total. The van der Waals surface area contributed by atoms with E-state index in [4.69, 9.17) is 5.11 Å². The molecule has 0 aliphatic rings. The molecular formula is C12H12BrN3O4S. The molecule has 0 aliphatic heterocycles. The number of nitrogens with one attached hydrogen (secondary N) is 2. The van der Waals surface area contributed by atoms with E-state index in [1.807, 2.05) is 6.92 Å². The molecule has 0 bridgehead atoms. The smallest absolute Gasteiger partial charge is 0.357 e. The first-order valence-electron chi connectivity index (χ1n) is 5.79. The number of sulfonamides is 1. The van der Waals surface area contributed by atoms with E-state index in [9.17, 15) is 13.2 Å². The Morgan fingerprint density at radius 1 is 1.38 bits per heavy atom. The van der Waals surface area contributed by atoms with E-state index in [-0.39, 0.29) is 10.6 Å². The summed E-state index contributed by atoms with van der Waals surface area (Å²) in [5.74, 6) is -1.41. The Kier molecular flexibility index (Phi) is 4.06. The monoisotopic (exact) mass is 373 g/mol. The number of anilines is 1. The Morgan fingerprint density at radius 2 is 2.05 bits per heavy atom. The van der Waals surface area contributed by atoms with Crippen molar-refractivity contribution in [1.82, 2.24) is 10.2 Å². The zero-order valence-corrected chi connectivity index (χ0v) is 13.5. The number of nitrogens with zero attached hydrogens (tertiary/aromatic N) is 1. The number of aromatic nitrogens is 2. The van der Waals surface area contributed by atoms with Crippen LogP contribution >= 0.6 is 15.9 Å². The number of rotatable bonds is 4. The van der Waals surface area contributed by atoms with Crippen LogP contribution in [0.1, 0.15) is 21.7 Å². The van der Waals surface area contributed by atoms with Gasteiger partial charge in [0.05, 0.1) is 11.4 Å². The third-order valence-corrected chi connectivity index (χ3v) is 4.91. The average molecular weight is 374 g/mol. The van der Waals surface area contributed by atoms with Crippen LogP contribution in [0.3, 0.4) is 0 Å². The van der Waals surface area contributed by atoms with Gasteiger partial charge < -0.3 is 5.11 Å². The predicted molar refractivity (Wildman–Crippen MR) is 80.0 cm³/mol. The Bertz CT molecular complexity index is 814. The fourth-order valence-electron chi connectivity index (χ4n) is 1.79. The molecule has 1 aromatic carbocycles. The van der Waals surface area contributed by atoms with Gasteiger partial charge in [-0.15, -0.1) is 0 Å². The summed E-state index contributed by atoms with van der Waals surface area (Å²) in [5.41, 5.74) is 0.888. The number of aryl methyl sites for hydroxylation is 2. The van der Waals surface area contributed by atoms with Gasteiger partial charge in [0, 0.05) is 4.47 Å². The number of hydrogen-bond acceptors (Lipinski definition) is 4. The van der Waals surface area contributed by atoms with E-state index in [0.29, 0.717) is 10.2 Å². The predicted octanol–water partition coefficient (Wildman–Crippen LogP) is 2.29. The van der Waals surface area contributed by atoms with Crippen molar-refractivity contribution in [2.75, 3.05) is 4.72 Å². The molecule has 0 radical (unpaired) electrons. The molecule has 0 atom stereocenters. The van der Waals surface area contributed by atoms with Crippen LogP contribution in [0.5, 0.6) is 0 Å². The zero-order valence-electron chi connectivity index (χ0n) is 11.1. The van der Waals surface area contributed by atoms with Gasteiger partial charge in [0.15, 0.2) is 5.69 Å². The topological polar surface area (TPSA) is 112 Å². The molecule has 1 heterocycles. The van der Waals surface area contributed by atoms with E-state index in [2.05, 4.69) is 30.8 Å². The number of carbonyl (C=O) groups is 1. The molecule has 0 saturated carbocycles. The van der Waals surface area contributed by atoms with E-state index < -0.39 is 21.7 Å². The lowest BCUT2D eigenvalue weighted by Crippen LogP contribution is -2.17. The van der Waals surface area contributed by atoms with Crippen molar-refractivity contribution in [3.05, 3.63) is 39.6 Å². The third-order valence-electron chi connectivity index (χ3n) is 2.73. The van der Waals surface area contributed by atoms with Gasteiger partial charge in [-0.25, -0.2) is 13.2 Å². The van der Waals surface area contributed by atoms with Gasteiger partial charge in [0.25, 0.3) is 10.0 Å². The average Bonchev–Trinajstić information content (AvgIpc) is 2.76. The van der Waals surface area contributed by atoms with Crippen LogP contribution in [0.15, 0.2) is 27.6 Å². The van der Waals surface area contributed by atoms with Crippen LogP contribution in [0.4, 0.5) is 5.69 Å². The van der Waals surface area contributed by atoms with Gasteiger partial charge in [-0.05, 0) is 47.5 Å². The van der Waals surface area contributed by atoms with Gasteiger partial charge in [0.2, 0.25) is 0 Å². The fraction of sp³-hybridized carbons (Fsp3) is 0.167. The SMILES string of the molecule is Cc1ccc(NS(=O)(=O)c2c(C(=O)O)n[nH]c2C)c(Br)c1. The van der Waals surface area contributed by atoms with Gasteiger partial charge in [-0.2, -0.15) is 5.10 Å². The highest BCUT2D eigenvalue weighted by Gasteiger charge is 2.28. The maximum absolute atomic E-state index is 12.4. The lowest BCUT2D eigenvalue weighted by molar-refractivity contribution is 0.0686. The number of halogens is 1. The van der Waals surface area contributed by atoms with Crippen LogP contribution in [0.2, 0.25) is 0 Å². The van der Waals surface area contributed by atoms with Crippen molar-refractivity contribution < 1.29 is 18.3 Å². The summed E-state index contributed by atoms with van der Waals surface area (Å²) in [4.78, 5) is 10.7. The molecule has 1 aromatic heterocycles. The highest BCUT2D eigenvalue weighted by Crippen LogP contribution is 2.27. The number of carboxylic acids is 1. The van der Waals surface area contributed by atoms with E-state index in [1.165, 1.54) is 6.92 Å². The molecule has 0 aliphatic carbocycles. The second-order valence-corrected chi connectivity index (χ2v) is 6.89. The van der Waals surface area contributed by atoms with Crippen molar-refractivity contribution in [3.63, 3.8) is 0 Å². The van der Waals surface area contributed by atoms with Crippen molar-refractivity contribution >= 4 is 37.6 Å². The molecule has 0 amide bonds. The van der Waals surface area contributed by atoms with Crippen molar-refractivity contribution in [2.45, 2.75) is 18.7 Å². The van der Waals surface area contributed by atoms with Crippen LogP contribution in [0.25, 0.3) is 0 Å². The molecule has 21 heavy (non-hydrogen) atoms. The van der Waals surface area contributed by atoms with Crippen molar-refractivity contribution in [1.29, 1.82) is 0 Å². The van der Waals surface area contributed by atoms with E-state index in [1.54, 1.807) is 18.2 Å². The van der Waals surface area contributed by atoms with Gasteiger partial charge in [0.1, 0.15) is 4.90 Å². The highest BCUT2D eigenvalue weighted by molar-refractivity contribution is 9.10. The zero-order chi connectivity index (χ0) is 15.8. The van der Waals surface area contributed by atoms with Crippen molar-refractivity contribution in [2.24, 2.45) is 0 Å². The number of benzene rings is 1. The minimum atomic E-state index is -4.07. The van der Waals surface area contributed by atoms with Crippen LogP contribution in [-0.4, -0.2) is 29.7 Å². The van der Waals surface area contributed by atoms with Crippen LogP contribution < -0.4 is 4.72 Å². The summed E-state index contributed by atoms with van der Waals surface area (Å²) in [6.45, 7) is 3.31. The number of carboxylic acid groups (broad SMARTS) is 1. The molecule has 112 valence electrons. The molecule has 0 saturated heterocycles. The summed E-state index contributed by atoms with van der Waals surface area (Å²) in [6.07, 6.45) is 0. The Hall–Kier alpha value is -1.87. The molecule has 2 aromatic rings. The molecule has 0 unspecified atom stereocenters. The maximum Gasteiger partial charge on any atom is 0.357 e. The van der Waals surface area contributed by atoms with Crippen LogP contribution in [-0.2, 0) is 10.0 Å². The summed E-state index contributed by atoms with van der Waals surface area (Å²) >= 11 is 3.26. The van der Waals surface area contributed by atoms with E-state index >= 15 is 0 Å². The molecule has 2 rings (SSSR count). The summed E-state index contributed by atoms with van der Waals surface area (Å²) < 4.78 is 27.7. The third kappa shape index (κ3) is 3.08. The molecule has 7 nitrogen and oxygen atoms in total. The minimum absolute atomic E-state index is 0.156. The molecule has 0 spiro atoms. The van der Waals surface area contributed by atoms with Crippen LogP contribution in [0, 0.1) is 13.8 Å². The highest BCUT2D eigenvalue weighted by atomic mass is 79.9. The van der Waals surface area contributed by atoms with Gasteiger partial charge >= 0.3 is 5.97 Å². The second kappa shape index (κ2) is 5.49. The summed E-state index contributed by atoms with van der Waals surface area (Å²) in [6, 6.07) is 5.08. The Labute approximate surface area is 129 Å². The largest absolute Gasteiger partial charge is 0.476 e. The second-order valence-electron chi connectivity index (χ2n) is 4.42. The molecular weight excluding hydrogens is 362 g/mol. The Balaban J connectivity index is 2.48. The van der Waals surface area contributed by atoms with Gasteiger partial charge in [-0.1, -0.05) is 6.07 Å². The van der Waals surface area contributed by atoms with Crippen molar-refractivity contribution in [3.8, 4) is 0 Å². The maximum atomic E-state index is 12.4. The fourth-order valence-corrected chi connectivity index (χ4v) is 3.92. The first-order valence-corrected chi connectivity index (χ1v) is 8.07. The van der Waals surface area contributed by atoms with E-state index in [0.717, 1.165) is 5.56 Å². The quantitative estimate of drug-likeness (QED) is 0.760. The standard InChI is InChI=1S/C12H12BrN3O4S/c1-6-3-4-9(8(13)5-6)16-21(19,20)11-7(2)14-15-10(11)12(17)18/h3-5,16H,1-2H3,(H,14,15)(H,17,18). The molecule has 0 fully saturated rings. The Morgan fingerprint density at radius 3 is 2.62 bits per heavy atom. The first kappa shape index (κ1) is 15.5. The number of aromatic amines is 1. The number of hydrogen-bond donors (Lipinski definition) is 3. The minimum Gasteiger partial charge on any atom is -0.476 e. The summed E-state index contributed by atoms with van der Waals surface area (Å²) in [5, 5.41) is 14.9. The summed E-state index contributed by atoms with van der Waals surface area (Å²) in [7, 11) is -4.07. The first-order chi connectivity index (χ1) is 9.72. The van der Waals surface area contributed by atoms with Gasteiger partial charge in [-0.3, -0.25) is 9.82 Å². The normalized spacial score (nSPS) is 11.4. The molecule has 9 heteroatoms.